The van der Waals surface area contributed by atoms with E-state index in [2.05, 4.69) is 16.8 Å². The number of carbonyl (C=O) groups excluding carboxylic acids is 1. The van der Waals surface area contributed by atoms with E-state index in [0.29, 0.717) is 11.3 Å². The summed E-state index contributed by atoms with van der Waals surface area (Å²) >= 11 is 0. The first-order valence-electron chi connectivity index (χ1n) is 3.38. The second-order valence-electron chi connectivity index (χ2n) is 2.05. The van der Waals surface area contributed by atoms with Gasteiger partial charge in [-0.1, -0.05) is 5.92 Å². The molecule has 0 aliphatic carbocycles. The number of aldehydes is 1. The third-order valence-corrected chi connectivity index (χ3v) is 1.22. The molecule has 0 unspecified atom stereocenters. The highest BCUT2D eigenvalue weighted by Crippen LogP contribution is 1.96. The molecule has 1 aromatic rings. The molecule has 0 saturated carbocycles. The average molecular weight is 161 g/mol. The normalized spacial score (nSPS) is 8.42. The van der Waals surface area contributed by atoms with E-state index in [1.807, 2.05) is 0 Å². The number of aliphatic hydroxyl groups excluding tert-OH is 1. The largest absolute Gasteiger partial charge is 0.384 e. The van der Waals surface area contributed by atoms with Gasteiger partial charge in [0, 0.05) is 11.8 Å². The second-order valence-corrected chi connectivity index (χ2v) is 2.05. The lowest BCUT2D eigenvalue weighted by Crippen LogP contribution is -1.86. The summed E-state index contributed by atoms with van der Waals surface area (Å²) < 4.78 is 0. The van der Waals surface area contributed by atoms with E-state index in [9.17, 15) is 4.79 Å². The lowest BCUT2D eigenvalue weighted by Gasteiger charge is -1.89. The summed E-state index contributed by atoms with van der Waals surface area (Å²) in [5.74, 6) is 5.04. The number of pyridine rings is 1. The molecule has 0 radical (unpaired) electrons. The molecule has 0 aromatic carbocycles. The van der Waals surface area contributed by atoms with Gasteiger partial charge in [-0.3, -0.25) is 4.79 Å². The van der Waals surface area contributed by atoms with Crippen molar-refractivity contribution in [2.75, 3.05) is 6.61 Å². The summed E-state index contributed by atoms with van der Waals surface area (Å²) in [4.78, 5) is 14.2. The summed E-state index contributed by atoms with van der Waals surface area (Å²) in [5, 5.41) is 8.38. The zero-order valence-corrected chi connectivity index (χ0v) is 6.32. The molecule has 1 N–H and O–H groups in total. The van der Waals surface area contributed by atoms with Crippen LogP contribution in [0.4, 0.5) is 0 Å². The molecule has 0 fully saturated rings. The topological polar surface area (TPSA) is 50.2 Å². The number of rotatable bonds is 1. The van der Waals surface area contributed by atoms with E-state index < -0.39 is 0 Å². The van der Waals surface area contributed by atoms with Crippen molar-refractivity contribution in [3.8, 4) is 11.8 Å². The molecule has 3 heteroatoms. The number of aromatic nitrogens is 1. The predicted octanol–water partition coefficient (Wildman–Crippen LogP) is 0.238. The Morgan fingerprint density at radius 2 is 2.50 bits per heavy atom. The van der Waals surface area contributed by atoms with Crippen LogP contribution in [0.25, 0.3) is 0 Å². The summed E-state index contributed by atoms with van der Waals surface area (Å²) in [6.45, 7) is -0.201. The van der Waals surface area contributed by atoms with Gasteiger partial charge in [-0.15, -0.1) is 0 Å². The highest BCUT2D eigenvalue weighted by atomic mass is 16.2. The van der Waals surface area contributed by atoms with Crippen molar-refractivity contribution in [1.29, 1.82) is 0 Å². The van der Waals surface area contributed by atoms with Crippen molar-refractivity contribution in [3.05, 3.63) is 29.6 Å². The van der Waals surface area contributed by atoms with E-state index in [0.717, 1.165) is 6.29 Å². The van der Waals surface area contributed by atoms with Crippen LogP contribution in [0.3, 0.4) is 0 Å². The first-order valence-corrected chi connectivity index (χ1v) is 3.38. The molecule has 1 rings (SSSR count). The van der Waals surface area contributed by atoms with Crippen LogP contribution in [0.5, 0.6) is 0 Å². The Balaban J connectivity index is 2.93. The predicted molar refractivity (Wildman–Crippen MR) is 43.6 cm³/mol. The van der Waals surface area contributed by atoms with E-state index in [4.69, 9.17) is 5.11 Å². The van der Waals surface area contributed by atoms with Crippen molar-refractivity contribution >= 4 is 6.29 Å². The fraction of sp³-hybridized carbons (Fsp3) is 0.111. The van der Waals surface area contributed by atoms with Crippen LogP contribution in [-0.4, -0.2) is 23.0 Å². The van der Waals surface area contributed by atoms with Gasteiger partial charge in [0.25, 0.3) is 0 Å². The molecule has 0 atom stereocenters. The number of nitrogens with zero attached hydrogens (tertiary/aromatic N) is 1. The molecule has 1 aromatic heterocycles. The van der Waals surface area contributed by atoms with Crippen molar-refractivity contribution in [1.82, 2.24) is 4.98 Å². The first kappa shape index (κ1) is 8.44. The molecule has 0 amide bonds. The fourth-order valence-electron chi connectivity index (χ4n) is 0.719. The molecule has 0 bridgehead atoms. The van der Waals surface area contributed by atoms with Gasteiger partial charge in [0.05, 0.1) is 0 Å². The molecular formula is C9H7NO2. The standard InChI is InChI=1S/C9H7NO2/c11-5-1-2-9-6-8(7-12)3-4-10-9/h3-4,6-7,11H,5H2. The molecular weight excluding hydrogens is 154 g/mol. The number of aliphatic hydroxyl groups is 1. The molecule has 0 aliphatic rings. The molecule has 60 valence electrons. The van der Waals surface area contributed by atoms with Gasteiger partial charge < -0.3 is 5.11 Å². The van der Waals surface area contributed by atoms with Crippen molar-refractivity contribution in [2.45, 2.75) is 0 Å². The van der Waals surface area contributed by atoms with Gasteiger partial charge in [0.15, 0.2) is 0 Å². The highest BCUT2D eigenvalue weighted by molar-refractivity contribution is 5.74. The minimum atomic E-state index is -0.201. The molecule has 0 spiro atoms. The van der Waals surface area contributed by atoms with Gasteiger partial charge in [-0.05, 0) is 18.1 Å². The lowest BCUT2D eigenvalue weighted by atomic mass is 10.2. The van der Waals surface area contributed by atoms with Gasteiger partial charge in [0.1, 0.15) is 18.6 Å². The molecule has 1 heterocycles. The van der Waals surface area contributed by atoms with Crippen LogP contribution in [-0.2, 0) is 0 Å². The van der Waals surface area contributed by atoms with Crippen LogP contribution in [0.15, 0.2) is 18.3 Å². The first-order chi connectivity index (χ1) is 5.86. The quantitative estimate of drug-likeness (QED) is 0.474. The van der Waals surface area contributed by atoms with E-state index >= 15 is 0 Å². The van der Waals surface area contributed by atoms with Gasteiger partial charge in [0.2, 0.25) is 0 Å². The zero-order chi connectivity index (χ0) is 8.81. The Labute approximate surface area is 70.1 Å². The maximum atomic E-state index is 10.3. The Morgan fingerprint density at radius 1 is 1.67 bits per heavy atom. The van der Waals surface area contributed by atoms with Crippen molar-refractivity contribution in [2.24, 2.45) is 0 Å². The number of hydrogen-bond acceptors (Lipinski definition) is 3. The summed E-state index contributed by atoms with van der Waals surface area (Å²) in [6.07, 6.45) is 2.23. The third kappa shape index (κ3) is 2.19. The maximum Gasteiger partial charge on any atom is 0.150 e. The van der Waals surface area contributed by atoms with Crippen LogP contribution in [0.1, 0.15) is 16.1 Å². The van der Waals surface area contributed by atoms with E-state index in [1.165, 1.54) is 6.20 Å². The Kier molecular flexibility index (Phi) is 3.00. The highest BCUT2D eigenvalue weighted by Gasteiger charge is 1.90. The van der Waals surface area contributed by atoms with Gasteiger partial charge in [-0.2, -0.15) is 0 Å². The third-order valence-electron chi connectivity index (χ3n) is 1.22. The van der Waals surface area contributed by atoms with E-state index in [-0.39, 0.29) is 6.61 Å². The van der Waals surface area contributed by atoms with Crippen LogP contribution in [0.2, 0.25) is 0 Å². The van der Waals surface area contributed by atoms with Gasteiger partial charge >= 0.3 is 0 Å². The second kappa shape index (κ2) is 4.27. The Bertz CT molecular complexity index is 336. The lowest BCUT2D eigenvalue weighted by molar-refractivity contribution is 0.112. The number of carbonyl (C=O) groups is 1. The van der Waals surface area contributed by atoms with E-state index in [1.54, 1.807) is 12.1 Å². The minimum Gasteiger partial charge on any atom is -0.384 e. The SMILES string of the molecule is O=Cc1ccnc(C#CCO)c1. The maximum absolute atomic E-state index is 10.3. The molecule has 0 aliphatic heterocycles. The molecule has 12 heavy (non-hydrogen) atoms. The molecule has 3 nitrogen and oxygen atoms in total. The van der Waals surface area contributed by atoms with Crippen LogP contribution >= 0.6 is 0 Å². The van der Waals surface area contributed by atoms with Crippen molar-refractivity contribution in [3.63, 3.8) is 0 Å². The fourth-order valence-corrected chi connectivity index (χ4v) is 0.719. The minimum absolute atomic E-state index is 0.201. The average Bonchev–Trinajstić information content (AvgIpc) is 2.15. The zero-order valence-electron chi connectivity index (χ0n) is 6.32. The smallest absolute Gasteiger partial charge is 0.150 e. The number of hydrogen-bond donors (Lipinski definition) is 1. The summed E-state index contributed by atoms with van der Waals surface area (Å²) in [7, 11) is 0. The van der Waals surface area contributed by atoms with Crippen LogP contribution < -0.4 is 0 Å². The Morgan fingerprint density at radius 3 is 3.17 bits per heavy atom. The summed E-state index contributed by atoms with van der Waals surface area (Å²) in [5.41, 5.74) is 1.03. The monoisotopic (exact) mass is 161 g/mol. The summed E-state index contributed by atoms with van der Waals surface area (Å²) in [6, 6.07) is 3.16. The molecule has 0 saturated heterocycles. The van der Waals surface area contributed by atoms with Gasteiger partial charge in [-0.25, -0.2) is 4.98 Å². The van der Waals surface area contributed by atoms with Crippen LogP contribution in [0, 0.1) is 11.8 Å². The van der Waals surface area contributed by atoms with Crippen molar-refractivity contribution < 1.29 is 9.90 Å². The Hall–Kier alpha value is -1.66.